The van der Waals surface area contributed by atoms with E-state index >= 15 is 0 Å². The van der Waals surface area contributed by atoms with Crippen molar-refractivity contribution >= 4 is 45.2 Å². The molecule has 1 amide bonds. The Morgan fingerprint density at radius 1 is 1.04 bits per heavy atom. The van der Waals surface area contributed by atoms with Crippen molar-refractivity contribution in [2.75, 3.05) is 5.32 Å². The van der Waals surface area contributed by atoms with E-state index in [1.165, 1.54) is 5.56 Å². The van der Waals surface area contributed by atoms with Crippen LogP contribution in [0.25, 0.3) is 6.08 Å². The summed E-state index contributed by atoms with van der Waals surface area (Å²) < 4.78 is 1.07. The largest absolute Gasteiger partial charge is 0.320 e. The molecule has 0 saturated carbocycles. The first-order valence-electron chi connectivity index (χ1n) is 8.57. The summed E-state index contributed by atoms with van der Waals surface area (Å²) in [7, 11) is 0. The van der Waals surface area contributed by atoms with Crippen molar-refractivity contribution in [3.05, 3.63) is 105 Å². The lowest BCUT2D eigenvalue weighted by atomic mass is 10.0. The second-order valence-corrected chi connectivity index (χ2v) is 7.38. The zero-order chi connectivity index (χ0) is 19.9. The molecule has 0 fully saturated rings. The topological polar surface area (TPSA) is 52.9 Å². The summed E-state index contributed by atoms with van der Waals surface area (Å²) in [6, 6.07) is 24.7. The fraction of sp³-hybridized carbons (Fsp3) is 0.0435. The maximum atomic E-state index is 12.4. The Bertz CT molecular complexity index is 1070. The SMILES string of the molecule is N#C/C(=C\c1ccc(Cc2ccccc2Br)cc1)C(=O)Nc1ccccc1Cl. The number of nitriles is 1. The molecule has 3 nitrogen and oxygen atoms in total. The number of carbonyl (C=O) groups is 1. The van der Waals surface area contributed by atoms with Gasteiger partial charge in [-0.1, -0.05) is 82.1 Å². The number of nitrogens with one attached hydrogen (secondary N) is 1. The zero-order valence-corrected chi connectivity index (χ0v) is 17.2. The molecule has 0 unspecified atom stereocenters. The highest BCUT2D eigenvalue weighted by molar-refractivity contribution is 9.10. The third-order valence-corrected chi connectivity index (χ3v) is 5.23. The fourth-order valence-corrected chi connectivity index (χ4v) is 3.27. The van der Waals surface area contributed by atoms with E-state index in [0.717, 1.165) is 22.0 Å². The van der Waals surface area contributed by atoms with Crippen LogP contribution in [0.1, 0.15) is 16.7 Å². The second-order valence-electron chi connectivity index (χ2n) is 6.11. The first-order valence-corrected chi connectivity index (χ1v) is 9.74. The number of amides is 1. The summed E-state index contributed by atoms with van der Waals surface area (Å²) in [5.74, 6) is -0.493. The zero-order valence-electron chi connectivity index (χ0n) is 14.8. The van der Waals surface area contributed by atoms with Crippen molar-refractivity contribution in [2.24, 2.45) is 0 Å². The van der Waals surface area contributed by atoms with Gasteiger partial charge in [0.05, 0.1) is 10.7 Å². The molecule has 3 rings (SSSR count). The van der Waals surface area contributed by atoms with Gasteiger partial charge in [-0.2, -0.15) is 5.26 Å². The molecule has 3 aromatic carbocycles. The van der Waals surface area contributed by atoms with Gasteiger partial charge in [-0.15, -0.1) is 0 Å². The number of hydrogen-bond donors (Lipinski definition) is 1. The summed E-state index contributed by atoms with van der Waals surface area (Å²) in [6.45, 7) is 0. The van der Waals surface area contributed by atoms with E-state index in [0.29, 0.717) is 10.7 Å². The van der Waals surface area contributed by atoms with Crippen LogP contribution in [0.5, 0.6) is 0 Å². The highest BCUT2D eigenvalue weighted by atomic mass is 79.9. The van der Waals surface area contributed by atoms with E-state index < -0.39 is 5.91 Å². The van der Waals surface area contributed by atoms with Crippen molar-refractivity contribution < 1.29 is 4.79 Å². The van der Waals surface area contributed by atoms with Gasteiger partial charge in [-0.3, -0.25) is 4.79 Å². The minimum atomic E-state index is -0.493. The summed E-state index contributed by atoms with van der Waals surface area (Å²) in [6.07, 6.45) is 2.36. The van der Waals surface area contributed by atoms with Crippen LogP contribution in [-0.2, 0) is 11.2 Å². The number of hydrogen-bond acceptors (Lipinski definition) is 2. The average Bonchev–Trinajstić information content (AvgIpc) is 2.70. The normalized spacial score (nSPS) is 11.0. The quantitative estimate of drug-likeness (QED) is 0.369. The fourth-order valence-electron chi connectivity index (χ4n) is 2.66. The molecule has 5 heteroatoms. The minimum Gasteiger partial charge on any atom is -0.320 e. The van der Waals surface area contributed by atoms with Crippen LogP contribution >= 0.6 is 27.5 Å². The second kappa shape index (κ2) is 9.36. The van der Waals surface area contributed by atoms with Gasteiger partial charge in [-0.25, -0.2) is 0 Å². The van der Waals surface area contributed by atoms with Gasteiger partial charge in [-0.05, 0) is 47.4 Å². The van der Waals surface area contributed by atoms with Crippen molar-refractivity contribution in [1.29, 1.82) is 5.26 Å². The Hall–Kier alpha value is -2.87. The van der Waals surface area contributed by atoms with Gasteiger partial charge in [0.15, 0.2) is 0 Å². The van der Waals surface area contributed by atoms with Crippen LogP contribution in [-0.4, -0.2) is 5.91 Å². The van der Waals surface area contributed by atoms with Crippen LogP contribution in [0, 0.1) is 11.3 Å². The molecule has 1 N–H and O–H groups in total. The van der Waals surface area contributed by atoms with E-state index in [-0.39, 0.29) is 5.57 Å². The Morgan fingerprint density at radius 3 is 2.39 bits per heavy atom. The lowest BCUT2D eigenvalue weighted by Gasteiger charge is -2.07. The Labute approximate surface area is 177 Å². The van der Waals surface area contributed by atoms with Gasteiger partial charge in [0.25, 0.3) is 5.91 Å². The van der Waals surface area contributed by atoms with Crippen molar-refractivity contribution in [3.63, 3.8) is 0 Å². The highest BCUT2D eigenvalue weighted by Gasteiger charge is 2.11. The van der Waals surface area contributed by atoms with Crippen LogP contribution in [0.2, 0.25) is 5.02 Å². The summed E-state index contributed by atoms with van der Waals surface area (Å²) in [4.78, 5) is 12.4. The predicted molar refractivity (Wildman–Crippen MR) is 117 cm³/mol. The molecule has 0 aliphatic heterocycles. The molecule has 0 spiro atoms. The first kappa shape index (κ1) is 19.9. The predicted octanol–water partition coefficient (Wildman–Crippen LogP) is 6.24. The van der Waals surface area contributed by atoms with E-state index in [2.05, 4.69) is 27.3 Å². The smallest absolute Gasteiger partial charge is 0.266 e. The molecule has 138 valence electrons. The number of carbonyl (C=O) groups excluding carboxylic acids is 1. The van der Waals surface area contributed by atoms with E-state index in [9.17, 15) is 10.1 Å². The van der Waals surface area contributed by atoms with Crippen LogP contribution in [0.3, 0.4) is 0 Å². The molecule has 0 aliphatic carbocycles. The molecule has 0 radical (unpaired) electrons. The molecular formula is C23H16BrClN2O. The van der Waals surface area contributed by atoms with Crippen molar-refractivity contribution in [1.82, 2.24) is 0 Å². The molecular weight excluding hydrogens is 436 g/mol. The molecule has 0 aromatic heterocycles. The van der Waals surface area contributed by atoms with Gasteiger partial charge in [0.2, 0.25) is 0 Å². The van der Waals surface area contributed by atoms with E-state index in [4.69, 9.17) is 11.6 Å². The Morgan fingerprint density at radius 2 is 1.71 bits per heavy atom. The Balaban J connectivity index is 1.74. The van der Waals surface area contributed by atoms with Crippen LogP contribution in [0.15, 0.2) is 82.8 Å². The molecule has 0 heterocycles. The molecule has 0 saturated heterocycles. The summed E-state index contributed by atoms with van der Waals surface area (Å²) in [5.41, 5.74) is 3.60. The van der Waals surface area contributed by atoms with Crippen molar-refractivity contribution in [2.45, 2.75) is 6.42 Å². The molecule has 0 atom stereocenters. The van der Waals surface area contributed by atoms with Gasteiger partial charge in [0, 0.05) is 4.47 Å². The molecule has 0 aliphatic rings. The highest BCUT2D eigenvalue weighted by Crippen LogP contribution is 2.22. The maximum absolute atomic E-state index is 12.4. The standard InChI is InChI=1S/C23H16BrClN2O/c24-20-6-2-1-5-18(20)13-16-9-11-17(12-10-16)14-19(15-26)23(28)27-22-8-4-3-7-21(22)25/h1-12,14H,13H2,(H,27,28)/b19-14+. The number of nitrogens with zero attached hydrogens (tertiary/aromatic N) is 1. The number of halogens is 2. The number of benzene rings is 3. The average molecular weight is 452 g/mol. The summed E-state index contributed by atoms with van der Waals surface area (Å²) >= 11 is 9.61. The first-order chi connectivity index (χ1) is 13.6. The Kier molecular flexibility index (Phi) is 6.65. The molecule has 28 heavy (non-hydrogen) atoms. The van der Waals surface area contributed by atoms with E-state index in [1.54, 1.807) is 30.3 Å². The van der Waals surface area contributed by atoms with Gasteiger partial charge >= 0.3 is 0 Å². The monoisotopic (exact) mass is 450 g/mol. The van der Waals surface area contributed by atoms with E-state index in [1.807, 2.05) is 48.5 Å². The van der Waals surface area contributed by atoms with Crippen molar-refractivity contribution in [3.8, 4) is 6.07 Å². The molecule has 0 bridgehead atoms. The van der Waals surface area contributed by atoms with Gasteiger partial charge in [0.1, 0.15) is 11.6 Å². The number of rotatable bonds is 5. The van der Waals surface area contributed by atoms with Crippen LogP contribution < -0.4 is 5.32 Å². The third-order valence-electron chi connectivity index (χ3n) is 4.13. The van der Waals surface area contributed by atoms with Crippen LogP contribution in [0.4, 0.5) is 5.69 Å². The number of para-hydroxylation sites is 1. The third kappa shape index (κ3) is 5.10. The minimum absolute atomic E-state index is 0.0125. The van der Waals surface area contributed by atoms with Gasteiger partial charge < -0.3 is 5.32 Å². The maximum Gasteiger partial charge on any atom is 0.266 e. The number of anilines is 1. The lowest BCUT2D eigenvalue weighted by molar-refractivity contribution is -0.112. The summed E-state index contributed by atoms with van der Waals surface area (Å²) in [5, 5.41) is 12.5. The molecule has 3 aromatic rings. The lowest BCUT2D eigenvalue weighted by Crippen LogP contribution is -2.13.